The molecule has 1 heterocycles. The molecule has 0 radical (unpaired) electrons. The van der Waals surface area contributed by atoms with Gasteiger partial charge in [-0.15, -0.1) is 0 Å². The van der Waals surface area contributed by atoms with E-state index in [-0.39, 0.29) is 11.7 Å². The molecule has 1 saturated heterocycles. The molecule has 2 N–H and O–H groups in total. The van der Waals surface area contributed by atoms with E-state index in [1.807, 2.05) is 6.92 Å². The van der Waals surface area contributed by atoms with Gasteiger partial charge < -0.3 is 15.3 Å². The van der Waals surface area contributed by atoms with Gasteiger partial charge in [-0.05, 0) is 18.6 Å². The van der Waals surface area contributed by atoms with Crippen LogP contribution in [0.15, 0.2) is 12.1 Å². The average Bonchev–Trinajstić information content (AvgIpc) is 2.29. The number of rotatable bonds is 5. The van der Waals surface area contributed by atoms with Gasteiger partial charge >= 0.3 is 5.97 Å². The Kier molecular flexibility index (Phi) is 3.99. The van der Waals surface area contributed by atoms with Crippen LogP contribution in [0.1, 0.15) is 23.7 Å². The smallest absolute Gasteiger partial charge is 0.338 e. The summed E-state index contributed by atoms with van der Waals surface area (Å²) in [4.78, 5) is 12.5. The van der Waals surface area contributed by atoms with Crippen molar-refractivity contribution in [3.8, 4) is 0 Å². The second-order valence-electron chi connectivity index (χ2n) is 4.57. The Morgan fingerprint density at radius 2 is 2.11 bits per heavy atom. The van der Waals surface area contributed by atoms with Crippen molar-refractivity contribution in [2.45, 2.75) is 19.4 Å². The van der Waals surface area contributed by atoms with Crippen LogP contribution >= 0.6 is 0 Å². The third-order valence-electron chi connectivity index (χ3n) is 3.27. The number of nitrogens with one attached hydrogen (secondary N) is 1. The predicted molar refractivity (Wildman–Crippen MR) is 67.6 cm³/mol. The van der Waals surface area contributed by atoms with Crippen molar-refractivity contribution in [3.63, 3.8) is 0 Å². The Bertz CT molecular complexity index is 490. The molecule has 0 amide bonds. The molecule has 104 valence electrons. The fourth-order valence-corrected chi connectivity index (χ4v) is 2.16. The molecule has 1 aliphatic heterocycles. The number of carbonyl (C=O) groups is 1. The minimum Gasteiger partial charge on any atom is -0.478 e. The zero-order chi connectivity index (χ0) is 14.0. The highest BCUT2D eigenvalue weighted by Gasteiger charge is 2.28. The highest BCUT2D eigenvalue weighted by molar-refractivity contribution is 5.88. The van der Waals surface area contributed by atoms with E-state index in [1.54, 1.807) is 4.90 Å². The van der Waals surface area contributed by atoms with Crippen LogP contribution in [0.4, 0.5) is 14.5 Å². The lowest BCUT2D eigenvalue weighted by Crippen LogP contribution is -2.57. The van der Waals surface area contributed by atoms with Crippen molar-refractivity contribution in [1.29, 1.82) is 0 Å². The van der Waals surface area contributed by atoms with E-state index in [9.17, 15) is 13.6 Å². The molecule has 0 bridgehead atoms. The van der Waals surface area contributed by atoms with Crippen molar-refractivity contribution in [1.82, 2.24) is 5.32 Å². The summed E-state index contributed by atoms with van der Waals surface area (Å²) in [7, 11) is 0. The lowest BCUT2D eigenvalue weighted by molar-refractivity contribution is 0.0690. The Hall–Kier alpha value is -1.69. The molecular weight excluding hydrogens is 254 g/mol. The molecule has 1 aromatic rings. The summed E-state index contributed by atoms with van der Waals surface area (Å²) >= 11 is 0. The van der Waals surface area contributed by atoms with E-state index < -0.39 is 23.2 Å². The van der Waals surface area contributed by atoms with Gasteiger partial charge in [-0.25, -0.2) is 13.6 Å². The average molecular weight is 270 g/mol. The summed E-state index contributed by atoms with van der Waals surface area (Å²) in [6.07, 6.45) is 0.804. The monoisotopic (exact) mass is 270 g/mol. The molecule has 1 fully saturated rings. The van der Waals surface area contributed by atoms with Crippen LogP contribution in [0.5, 0.6) is 0 Å². The Morgan fingerprint density at radius 3 is 2.58 bits per heavy atom. The summed E-state index contributed by atoms with van der Waals surface area (Å²) in [6, 6.07) is 2.59. The Balaban J connectivity index is 2.37. The van der Waals surface area contributed by atoms with Crippen LogP contribution < -0.4 is 10.2 Å². The molecule has 19 heavy (non-hydrogen) atoms. The normalized spacial score (nSPS) is 15.1. The van der Waals surface area contributed by atoms with Gasteiger partial charge in [0.25, 0.3) is 0 Å². The second-order valence-corrected chi connectivity index (χ2v) is 4.57. The van der Waals surface area contributed by atoms with Gasteiger partial charge in [0.2, 0.25) is 0 Å². The first-order valence-corrected chi connectivity index (χ1v) is 6.25. The van der Waals surface area contributed by atoms with Crippen LogP contribution in [0.2, 0.25) is 0 Å². The maximum absolute atomic E-state index is 14.0. The van der Waals surface area contributed by atoms with Gasteiger partial charge in [-0.3, -0.25) is 0 Å². The molecule has 0 unspecified atom stereocenters. The van der Waals surface area contributed by atoms with E-state index in [0.717, 1.165) is 25.6 Å². The molecule has 2 rings (SSSR count). The summed E-state index contributed by atoms with van der Waals surface area (Å²) in [6.45, 7) is 4.01. The molecule has 0 aliphatic carbocycles. The van der Waals surface area contributed by atoms with Crippen LogP contribution in [-0.4, -0.2) is 36.8 Å². The van der Waals surface area contributed by atoms with Crippen LogP contribution in [0.3, 0.4) is 0 Å². The molecule has 0 saturated carbocycles. The maximum atomic E-state index is 14.0. The van der Waals surface area contributed by atoms with Gasteiger partial charge in [-0.1, -0.05) is 6.92 Å². The zero-order valence-electron chi connectivity index (χ0n) is 10.6. The first kappa shape index (κ1) is 13.7. The van der Waals surface area contributed by atoms with Crippen LogP contribution in [0, 0.1) is 11.6 Å². The topological polar surface area (TPSA) is 52.6 Å². The van der Waals surface area contributed by atoms with E-state index in [0.29, 0.717) is 6.54 Å². The van der Waals surface area contributed by atoms with Crippen LogP contribution in [-0.2, 0) is 0 Å². The fraction of sp³-hybridized carbons (Fsp3) is 0.462. The Morgan fingerprint density at radius 1 is 1.42 bits per heavy atom. The fourth-order valence-electron chi connectivity index (χ4n) is 2.16. The molecule has 0 atom stereocenters. The quantitative estimate of drug-likeness (QED) is 0.857. The minimum absolute atomic E-state index is 0.129. The largest absolute Gasteiger partial charge is 0.478 e. The van der Waals surface area contributed by atoms with Crippen molar-refractivity contribution in [2.24, 2.45) is 0 Å². The number of aromatic carboxylic acids is 1. The highest BCUT2D eigenvalue weighted by Crippen LogP contribution is 2.27. The first-order valence-electron chi connectivity index (χ1n) is 6.25. The van der Waals surface area contributed by atoms with Crippen LogP contribution in [0.25, 0.3) is 0 Å². The lowest BCUT2D eigenvalue weighted by Gasteiger charge is -2.40. The number of carboxylic acid groups (broad SMARTS) is 1. The number of hydrogen-bond acceptors (Lipinski definition) is 3. The number of hydrogen-bond donors (Lipinski definition) is 2. The van der Waals surface area contributed by atoms with Crippen molar-refractivity contribution >= 4 is 11.7 Å². The van der Waals surface area contributed by atoms with E-state index >= 15 is 0 Å². The molecular formula is C13H16F2N2O2. The van der Waals surface area contributed by atoms with E-state index in [4.69, 9.17) is 5.11 Å². The summed E-state index contributed by atoms with van der Waals surface area (Å²) in [5, 5.41) is 11.8. The lowest BCUT2D eigenvalue weighted by atomic mass is 10.1. The number of anilines is 1. The molecule has 0 spiro atoms. The Labute approximate surface area is 110 Å². The molecule has 1 aliphatic rings. The molecule has 0 aromatic heterocycles. The van der Waals surface area contributed by atoms with Crippen molar-refractivity contribution < 1.29 is 18.7 Å². The highest BCUT2D eigenvalue weighted by atomic mass is 19.2. The molecule has 6 heteroatoms. The SMILES string of the molecule is CCCN(c1ccc(C(=O)O)c(F)c1F)C1CNC1. The van der Waals surface area contributed by atoms with Gasteiger partial charge in [0.1, 0.15) is 0 Å². The van der Waals surface area contributed by atoms with E-state index in [2.05, 4.69) is 5.32 Å². The summed E-state index contributed by atoms with van der Waals surface area (Å²) < 4.78 is 27.7. The molecule has 1 aromatic carbocycles. The van der Waals surface area contributed by atoms with Gasteiger partial charge in [0.05, 0.1) is 17.3 Å². The van der Waals surface area contributed by atoms with E-state index in [1.165, 1.54) is 6.07 Å². The zero-order valence-corrected chi connectivity index (χ0v) is 10.6. The van der Waals surface area contributed by atoms with Crippen molar-refractivity contribution in [3.05, 3.63) is 29.3 Å². The number of carboxylic acids is 1. The number of benzene rings is 1. The first-order chi connectivity index (χ1) is 9.06. The second kappa shape index (κ2) is 5.52. The predicted octanol–water partition coefficient (Wildman–Crippen LogP) is 1.85. The van der Waals surface area contributed by atoms with Crippen molar-refractivity contribution in [2.75, 3.05) is 24.5 Å². The van der Waals surface area contributed by atoms with Gasteiger partial charge in [0, 0.05) is 19.6 Å². The third-order valence-corrected chi connectivity index (χ3v) is 3.27. The maximum Gasteiger partial charge on any atom is 0.338 e. The van der Waals surface area contributed by atoms with Gasteiger partial charge in [0.15, 0.2) is 11.6 Å². The standard InChI is InChI=1S/C13H16F2N2O2/c1-2-5-17(8-6-16-7-8)10-4-3-9(13(18)19)11(14)12(10)15/h3-4,8,16H,2,5-7H2,1H3,(H,18,19). The third kappa shape index (κ3) is 2.53. The summed E-state index contributed by atoms with van der Waals surface area (Å²) in [5.41, 5.74) is -0.500. The number of halogens is 2. The van der Waals surface area contributed by atoms with Gasteiger partial charge in [-0.2, -0.15) is 0 Å². The number of nitrogens with zero attached hydrogens (tertiary/aromatic N) is 1. The minimum atomic E-state index is -1.46. The molecule has 4 nitrogen and oxygen atoms in total. The summed E-state index contributed by atoms with van der Waals surface area (Å²) in [5.74, 6) is -3.84.